The lowest BCUT2D eigenvalue weighted by Gasteiger charge is -2.35. The molecule has 1 amide bonds. The normalized spacial score (nSPS) is 21.2. The Morgan fingerprint density at radius 1 is 1.20 bits per heavy atom. The molecule has 1 aliphatic rings. The van der Waals surface area contributed by atoms with Crippen LogP contribution < -0.4 is 10.6 Å². The second-order valence-corrected chi connectivity index (χ2v) is 8.53. The molecule has 1 saturated heterocycles. The Labute approximate surface area is 198 Å². The van der Waals surface area contributed by atoms with Crippen LogP contribution >= 0.6 is 24.0 Å². The largest absolute Gasteiger partial charge is 0.444 e. The van der Waals surface area contributed by atoms with Gasteiger partial charge in [-0.2, -0.15) is 0 Å². The van der Waals surface area contributed by atoms with Crippen molar-refractivity contribution in [2.75, 3.05) is 47.1 Å². The number of nitrogens with zero attached hydrogens (tertiary/aromatic N) is 2. The Morgan fingerprint density at radius 2 is 1.87 bits per heavy atom. The van der Waals surface area contributed by atoms with E-state index in [4.69, 9.17) is 18.9 Å². The molecule has 2 unspecified atom stereocenters. The molecule has 0 aromatic rings. The summed E-state index contributed by atoms with van der Waals surface area (Å²) in [5.41, 5.74) is -1.32. The van der Waals surface area contributed by atoms with Crippen molar-refractivity contribution in [2.45, 2.75) is 71.4 Å². The van der Waals surface area contributed by atoms with E-state index >= 15 is 0 Å². The number of methoxy groups -OCH3 is 1. The van der Waals surface area contributed by atoms with Crippen molar-refractivity contribution in [1.29, 1.82) is 0 Å². The van der Waals surface area contributed by atoms with Crippen LogP contribution in [0.1, 0.15) is 48.0 Å². The first-order chi connectivity index (χ1) is 13.5. The van der Waals surface area contributed by atoms with Crippen molar-refractivity contribution in [3.63, 3.8) is 0 Å². The van der Waals surface area contributed by atoms with E-state index < -0.39 is 11.3 Å². The zero-order valence-electron chi connectivity index (χ0n) is 19.7. The second-order valence-electron chi connectivity index (χ2n) is 8.53. The van der Waals surface area contributed by atoms with E-state index in [1.54, 1.807) is 19.1 Å². The average molecular weight is 544 g/mol. The molecule has 1 aliphatic heterocycles. The third-order valence-corrected chi connectivity index (χ3v) is 4.41. The maximum Gasteiger partial charge on any atom is 0.412 e. The number of hydrogen-bond donors (Lipinski definition) is 2. The molecule has 30 heavy (non-hydrogen) atoms. The number of amides is 1. The summed E-state index contributed by atoms with van der Waals surface area (Å²) in [4.78, 5) is 18.7. The highest BCUT2D eigenvalue weighted by molar-refractivity contribution is 14.0. The molecule has 178 valence electrons. The van der Waals surface area contributed by atoms with Crippen molar-refractivity contribution in [2.24, 2.45) is 4.99 Å². The van der Waals surface area contributed by atoms with Crippen LogP contribution in [0.5, 0.6) is 0 Å². The van der Waals surface area contributed by atoms with E-state index in [2.05, 4.69) is 15.6 Å². The number of carbonyl (C=O) groups is 1. The summed E-state index contributed by atoms with van der Waals surface area (Å²) in [6.45, 7) is 14.4. The van der Waals surface area contributed by atoms with Gasteiger partial charge >= 0.3 is 6.09 Å². The Kier molecular flexibility index (Phi) is 13.2. The molecule has 0 spiro atoms. The van der Waals surface area contributed by atoms with E-state index in [-0.39, 0.29) is 42.2 Å². The van der Waals surface area contributed by atoms with Gasteiger partial charge in [0, 0.05) is 33.9 Å². The Morgan fingerprint density at radius 3 is 2.43 bits per heavy atom. The molecule has 0 saturated carbocycles. The van der Waals surface area contributed by atoms with Crippen LogP contribution in [0, 0.1) is 0 Å². The molecule has 0 aromatic heterocycles. The number of ether oxygens (including phenoxy) is 4. The maximum atomic E-state index is 12.8. The third-order valence-electron chi connectivity index (χ3n) is 4.41. The van der Waals surface area contributed by atoms with Gasteiger partial charge in [-0.05, 0) is 48.0 Å². The fraction of sp³-hybridized carbons (Fsp3) is 0.900. The van der Waals surface area contributed by atoms with Gasteiger partial charge in [0.15, 0.2) is 5.96 Å². The lowest BCUT2D eigenvalue weighted by atomic mass is 10.1. The standard InChI is InChI=1S/C20H40N4O5.HI/c1-15-16(24(20(5,6)28-15)18(25)29-19(2,3)4)14-23-17(21-7)22-10-9-11-27-13-12-26-8;/h15-16H,9-14H2,1-8H3,(H2,21,22,23);1H. The minimum absolute atomic E-state index is 0. The number of carbonyl (C=O) groups excluding carboxylic acids is 1. The lowest BCUT2D eigenvalue weighted by molar-refractivity contribution is -0.0755. The molecule has 0 radical (unpaired) electrons. The number of hydrogen-bond acceptors (Lipinski definition) is 6. The number of halogens is 1. The highest BCUT2D eigenvalue weighted by atomic mass is 127. The van der Waals surface area contributed by atoms with Gasteiger partial charge in [0.25, 0.3) is 0 Å². The summed E-state index contributed by atoms with van der Waals surface area (Å²) in [6.07, 6.45) is 0.330. The molecule has 1 heterocycles. The Balaban J connectivity index is 0.00000841. The molecular formula is C20H41IN4O5. The summed E-state index contributed by atoms with van der Waals surface area (Å²) < 4.78 is 22.0. The van der Waals surface area contributed by atoms with Crippen LogP contribution in [0.2, 0.25) is 0 Å². The van der Waals surface area contributed by atoms with Gasteiger partial charge < -0.3 is 29.6 Å². The summed E-state index contributed by atoms with van der Waals surface area (Å²) in [7, 11) is 3.37. The molecule has 9 nitrogen and oxygen atoms in total. The zero-order valence-corrected chi connectivity index (χ0v) is 22.1. The first kappa shape index (κ1) is 29.1. The van der Waals surface area contributed by atoms with Crippen molar-refractivity contribution >= 4 is 36.0 Å². The topological polar surface area (TPSA) is 93.7 Å². The zero-order chi connectivity index (χ0) is 22.1. The van der Waals surface area contributed by atoms with E-state index in [0.717, 1.165) is 13.0 Å². The van der Waals surface area contributed by atoms with Crippen molar-refractivity contribution < 1.29 is 23.7 Å². The first-order valence-electron chi connectivity index (χ1n) is 10.2. The van der Waals surface area contributed by atoms with Crippen LogP contribution in [-0.2, 0) is 18.9 Å². The molecule has 1 fully saturated rings. The van der Waals surface area contributed by atoms with Crippen LogP contribution in [0.15, 0.2) is 4.99 Å². The molecule has 2 N–H and O–H groups in total. The maximum absolute atomic E-state index is 12.8. The number of guanidine groups is 1. The molecule has 0 bridgehead atoms. The van der Waals surface area contributed by atoms with Gasteiger partial charge in [0.1, 0.15) is 11.3 Å². The van der Waals surface area contributed by atoms with Crippen LogP contribution in [0.4, 0.5) is 4.79 Å². The molecule has 1 rings (SSSR count). The van der Waals surface area contributed by atoms with Gasteiger partial charge in [-0.15, -0.1) is 24.0 Å². The fourth-order valence-electron chi connectivity index (χ4n) is 3.17. The average Bonchev–Trinajstić information content (AvgIpc) is 2.83. The van der Waals surface area contributed by atoms with Gasteiger partial charge in [-0.25, -0.2) is 4.79 Å². The smallest absolute Gasteiger partial charge is 0.412 e. The van der Waals surface area contributed by atoms with Gasteiger partial charge in [0.05, 0.1) is 25.4 Å². The molecule has 10 heteroatoms. The summed E-state index contributed by atoms with van der Waals surface area (Å²) in [6, 6.07) is -0.184. The third kappa shape index (κ3) is 9.97. The molecule has 0 aliphatic carbocycles. The van der Waals surface area contributed by atoms with E-state index in [1.807, 2.05) is 41.5 Å². The van der Waals surface area contributed by atoms with Gasteiger partial charge in [-0.1, -0.05) is 0 Å². The fourth-order valence-corrected chi connectivity index (χ4v) is 3.17. The lowest BCUT2D eigenvalue weighted by Crippen LogP contribution is -2.54. The summed E-state index contributed by atoms with van der Waals surface area (Å²) in [5, 5.41) is 6.54. The Bertz CT molecular complexity index is 540. The molecule has 2 atom stereocenters. The monoisotopic (exact) mass is 544 g/mol. The van der Waals surface area contributed by atoms with Crippen LogP contribution in [0.3, 0.4) is 0 Å². The van der Waals surface area contributed by atoms with E-state index in [9.17, 15) is 4.79 Å². The van der Waals surface area contributed by atoms with Gasteiger partial charge in [0.2, 0.25) is 0 Å². The van der Waals surface area contributed by atoms with Crippen LogP contribution in [-0.4, -0.2) is 87.5 Å². The number of nitrogens with one attached hydrogen (secondary N) is 2. The molecular weight excluding hydrogens is 503 g/mol. The number of aliphatic imine (C=N–C) groups is 1. The van der Waals surface area contributed by atoms with Gasteiger partial charge in [-0.3, -0.25) is 9.89 Å². The number of rotatable bonds is 9. The van der Waals surface area contributed by atoms with Crippen LogP contribution in [0.25, 0.3) is 0 Å². The second kappa shape index (κ2) is 13.5. The van der Waals surface area contributed by atoms with Crippen molar-refractivity contribution in [3.8, 4) is 0 Å². The SMILES string of the molecule is CN=C(NCCCOCCOC)NCC1C(C)OC(C)(C)N1C(=O)OC(C)(C)C.I. The van der Waals surface area contributed by atoms with E-state index in [1.165, 1.54) is 0 Å². The Hall–Kier alpha value is -0.850. The highest BCUT2D eigenvalue weighted by Gasteiger charge is 2.49. The predicted molar refractivity (Wildman–Crippen MR) is 129 cm³/mol. The first-order valence-corrected chi connectivity index (χ1v) is 10.2. The minimum atomic E-state index is -0.745. The summed E-state index contributed by atoms with van der Waals surface area (Å²) in [5.74, 6) is 0.669. The predicted octanol–water partition coefficient (Wildman–Crippen LogP) is 2.58. The molecule has 0 aromatic carbocycles. The quantitative estimate of drug-likeness (QED) is 0.200. The summed E-state index contributed by atoms with van der Waals surface area (Å²) >= 11 is 0. The van der Waals surface area contributed by atoms with Crippen molar-refractivity contribution in [1.82, 2.24) is 15.5 Å². The minimum Gasteiger partial charge on any atom is -0.444 e. The highest BCUT2D eigenvalue weighted by Crippen LogP contribution is 2.33. The van der Waals surface area contributed by atoms with Crippen molar-refractivity contribution in [3.05, 3.63) is 0 Å². The van der Waals surface area contributed by atoms with E-state index in [0.29, 0.717) is 32.3 Å².